The number of hydrogen-bond acceptors (Lipinski definition) is 4. The topological polar surface area (TPSA) is 74.7 Å². The summed E-state index contributed by atoms with van der Waals surface area (Å²) < 4.78 is 27.3. The van der Waals surface area contributed by atoms with Crippen LogP contribution in [0.5, 0.6) is 0 Å². The third-order valence-corrected chi connectivity index (χ3v) is 7.53. The molecule has 0 radical (unpaired) electrons. The molecule has 0 aromatic carbocycles. The van der Waals surface area contributed by atoms with Crippen LogP contribution >= 0.6 is 27.3 Å². The molecular formula is C12H16BrNO4S2. The molecule has 1 aromatic rings. The number of rotatable bonds is 3. The van der Waals surface area contributed by atoms with E-state index in [2.05, 4.69) is 15.9 Å². The van der Waals surface area contributed by atoms with E-state index in [1.54, 1.807) is 19.9 Å². The van der Waals surface area contributed by atoms with E-state index in [9.17, 15) is 18.3 Å². The minimum absolute atomic E-state index is 0.174. The monoisotopic (exact) mass is 381 g/mol. The molecule has 1 aromatic heterocycles. The number of carboxylic acid groups (broad SMARTS) is 1. The van der Waals surface area contributed by atoms with Crippen molar-refractivity contribution < 1.29 is 18.3 Å². The van der Waals surface area contributed by atoms with E-state index in [1.807, 2.05) is 0 Å². The van der Waals surface area contributed by atoms with Crippen molar-refractivity contribution in [3.63, 3.8) is 0 Å². The fourth-order valence-corrected chi connectivity index (χ4v) is 6.53. The zero-order valence-electron chi connectivity index (χ0n) is 11.2. The molecule has 0 spiro atoms. The van der Waals surface area contributed by atoms with Crippen molar-refractivity contribution in [2.24, 2.45) is 5.41 Å². The second-order valence-electron chi connectivity index (χ2n) is 5.51. The van der Waals surface area contributed by atoms with Gasteiger partial charge in [0.05, 0.1) is 3.79 Å². The minimum Gasteiger partial charge on any atom is -0.480 e. The van der Waals surface area contributed by atoms with E-state index in [4.69, 9.17) is 0 Å². The van der Waals surface area contributed by atoms with Gasteiger partial charge in [-0.15, -0.1) is 11.3 Å². The number of sulfonamides is 1. The summed E-state index contributed by atoms with van der Waals surface area (Å²) in [5.41, 5.74) is -0.578. The Balaban J connectivity index is 2.46. The Morgan fingerprint density at radius 3 is 2.65 bits per heavy atom. The summed E-state index contributed by atoms with van der Waals surface area (Å²) in [4.78, 5) is 11.6. The van der Waals surface area contributed by atoms with Crippen LogP contribution in [0.3, 0.4) is 0 Å². The SMILES string of the molecule is CC1(C)CCCN(S(=O)(=O)c2ccc(Br)s2)C1C(=O)O. The van der Waals surface area contributed by atoms with Crippen molar-refractivity contribution in [1.82, 2.24) is 4.31 Å². The number of piperidine rings is 1. The van der Waals surface area contributed by atoms with Gasteiger partial charge in [-0.3, -0.25) is 4.79 Å². The van der Waals surface area contributed by atoms with Gasteiger partial charge in [0.25, 0.3) is 10.0 Å². The highest BCUT2D eigenvalue weighted by Gasteiger charge is 2.47. The molecule has 1 N–H and O–H groups in total. The Morgan fingerprint density at radius 2 is 2.15 bits per heavy atom. The molecule has 1 aliphatic rings. The van der Waals surface area contributed by atoms with Crippen molar-refractivity contribution in [1.29, 1.82) is 0 Å². The van der Waals surface area contributed by atoms with Gasteiger partial charge in [-0.2, -0.15) is 4.31 Å². The minimum atomic E-state index is -3.77. The molecule has 2 rings (SSSR count). The van der Waals surface area contributed by atoms with Crippen LogP contribution in [0.4, 0.5) is 0 Å². The molecule has 0 saturated carbocycles. The van der Waals surface area contributed by atoms with Crippen LogP contribution in [-0.4, -0.2) is 36.4 Å². The first-order valence-corrected chi connectivity index (χ1v) is 9.21. The van der Waals surface area contributed by atoms with Crippen molar-refractivity contribution in [2.45, 2.75) is 36.9 Å². The molecular weight excluding hydrogens is 366 g/mol. The highest BCUT2D eigenvalue weighted by molar-refractivity contribution is 9.11. The maximum Gasteiger partial charge on any atom is 0.322 e. The number of carbonyl (C=O) groups is 1. The van der Waals surface area contributed by atoms with Gasteiger partial charge in [0.15, 0.2) is 0 Å². The Kier molecular flexibility index (Phi) is 4.30. The molecule has 0 aliphatic carbocycles. The highest BCUT2D eigenvalue weighted by atomic mass is 79.9. The number of carboxylic acids is 1. The Labute approximate surface area is 130 Å². The third-order valence-electron chi connectivity index (χ3n) is 3.57. The molecule has 8 heteroatoms. The van der Waals surface area contributed by atoms with Crippen LogP contribution in [0.15, 0.2) is 20.1 Å². The normalized spacial score (nSPS) is 23.6. The van der Waals surface area contributed by atoms with Crippen LogP contribution in [0.2, 0.25) is 0 Å². The fraction of sp³-hybridized carbons (Fsp3) is 0.583. The summed E-state index contributed by atoms with van der Waals surface area (Å²) in [7, 11) is -3.77. The zero-order chi connectivity index (χ0) is 15.1. The van der Waals surface area contributed by atoms with E-state index in [0.717, 1.165) is 15.6 Å². The maximum absolute atomic E-state index is 12.7. The number of halogens is 1. The van der Waals surface area contributed by atoms with E-state index >= 15 is 0 Å². The summed E-state index contributed by atoms with van der Waals surface area (Å²) in [6.45, 7) is 3.86. The van der Waals surface area contributed by atoms with Crippen molar-refractivity contribution in [2.75, 3.05) is 6.54 Å². The summed E-state index contributed by atoms with van der Waals surface area (Å²) in [6.07, 6.45) is 1.37. The number of aliphatic carboxylic acids is 1. The average Bonchev–Trinajstić information content (AvgIpc) is 2.74. The molecule has 112 valence electrons. The lowest BCUT2D eigenvalue weighted by Gasteiger charge is -2.42. The molecule has 5 nitrogen and oxygen atoms in total. The predicted octanol–water partition coefficient (Wildman–Crippen LogP) is 2.77. The van der Waals surface area contributed by atoms with E-state index in [1.165, 1.54) is 6.07 Å². The Morgan fingerprint density at radius 1 is 1.50 bits per heavy atom. The van der Waals surface area contributed by atoms with Gasteiger partial charge in [-0.05, 0) is 46.3 Å². The van der Waals surface area contributed by atoms with E-state index in [-0.39, 0.29) is 10.8 Å². The average molecular weight is 382 g/mol. The van der Waals surface area contributed by atoms with Gasteiger partial charge in [-0.1, -0.05) is 13.8 Å². The van der Waals surface area contributed by atoms with Crippen LogP contribution in [-0.2, 0) is 14.8 Å². The van der Waals surface area contributed by atoms with Crippen LogP contribution < -0.4 is 0 Å². The van der Waals surface area contributed by atoms with Crippen LogP contribution in [0.1, 0.15) is 26.7 Å². The van der Waals surface area contributed by atoms with Gasteiger partial charge in [0.1, 0.15) is 10.3 Å². The zero-order valence-corrected chi connectivity index (χ0v) is 14.4. The second-order valence-corrected chi connectivity index (χ2v) is 10.1. The van der Waals surface area contributed by atoms with Gasteiger partial charge in [-0.25, -0.2) is 8.42 Å². The van der Waals surface area contributed by atoms with Crippen molar-refractivity contribution >= 4 is 43.3 Å². The standard InChI is InChI=1S/C12H16BrNO4S2/c1-12(2)6-3-7-14(10(12)11(15)16)20(17,18)9-5-4-8(13)19-9/h4-5,10H,3,6-7H2,1-2H3,(H,15,16). The lowest BCUT2D eigenvalue weighted by Crippen LogP contribution is -2.56. The quantitative estimate of drug-likeness (QED) is 0.873. The van der Waals surface area contributed by atoms with Gasteiger partial charge >= 0.3 is 5.97 Å². The summed E-state index contributed by atoms with van der Waals surface area (Å²) in [5, 5.41) is 9.45. The molecule has 20 heavy (non-hydrogen) atoms. The second kappa shape index (κ2) is 5.40. The number of nitrogens with zero attached hydrogens (tertiary/aromatic N) is 1. The number of hydrogen-bond donors (Lipinski definition) is 1. The summed E-state index contributed by atoms with van der Waals surface area (Å²) in [5.74, 6) is -1.09. The Hall–Kier alpha value is -0.440. The molecule has 1 saturated heterocycles. The predicted molar refractivity (Wildman–Crippen MR) is 80.3 cm³/mol. The van der Waals surface area contributed by atoms with E-state index < -0.39 is 27.4 Å². The molecule has 2 heterocycles. The maximum atomic E-state index is 12.7. The van der Waals surface area contributed by atoms with Gasteiger partial charge in [0.2, 0.25) is 0 Å². The summed E-state index contributed by atoms with van der Waals surface area (Å²) >= 11 is 4.33. The van der Waals surface area contributed by atoms with Crippen molar-refractivity contribution in [3.05, 3.63) is 15.9 Å². The lowest BCUT2D eigenvalue weighted by atomic mass is 9.77. The summed E-state index contributed by atoms with van der Waals surface area (Å²) in [6, 6.07) is 2.13. The first-order valence-electron chi connectivity index (χ1n) is 6.16. The largest absolute Gasteiger partial charge is 0.480 e. The van der Waals surface area contributed by atoms with Crippen LogP contribution in [0, 0.1) is 5.41 Å². The molecule has 1 fully saturated rings. The Bertz CT molecular complexity index is 623. The molecule has 1 unspecified atom stereocenters. The smallest absolute Gasteiger partial charge is 0.322 e. The molecule has 1 aliphatic heterocycles. The molecule has 0 amide bonds. The van der Waals surface area contributed by atoms with Gasteiger partial charge in [0, 0.05) is 6.54 Å². The van der Waals surface area contributed by atoms with Gasteiger partial charge < -0.3 is 5.11 Å². The molecule has 0 bridgehead atoms. The highest BCUT2D eigenvalue weighted by Crippen LogP contribution is 2.39. The molecule has 1 atom stereocenters. The first-order chi connectivity index (χ1) is 9.16. The van der Waals surface area contributed by atoms with Crippen molar-refractivity contribution in [3.8, 4) is 0 Å². The lowest BCUT2D eigenvalue weighted by molar-refractivity contribution is -0.147. The van der Waals surface area contributed by atoms with E-state index in [0.29, 0.717) is 16.6 Å². The van der Waals surface area contributed by atoms with Crippen LogP contribution in [0.25, 0.3) is 0 Å². The number of thiophene rings is 1. The fourth-order valence-electron chi connectivity index (χ4n) is 2.61. The third kappa shape index (κ3) is 2.79. The first kappa shape index (κ1) is 15.9.